The van der Waals surface area contributed by atoms with Crippen LogP contribution in [0.1, 0.15) is 33.3 Å². The quantitative estimate of drug-likeness (QED) is 0.629. The molecule has 0 fully saturated rings. The van der Waals surface area contributed by atoms with Crippen molar-refractivity contribution in [1.82, 2.24) is 0 Å². The largest absolute Gasteiger partial charge is 0.591 e. The second-order valence-electron chi connectivity index (χ2n) is 4.74. The molecule has 0 spiro atoms. The average molecular weight is 255 g/mol. The zero-order valence-electron chi connectivity index (χ0n) is 10.4. The van der Waals surface area contributed by atoms with E-state index in [-0.39, 0.29) is 11.5 Å². The van der Waals surface area contributed by atoms with Gasteiger partial charge in [-0.05, 0) is 39.8 Å². The normalized spacial score (nSPS) is 14.8. The van der Waals surface area contributed by atoms with Gasteiger partial charge in [0.2, 0.25) is 0 Å². The molecule has 5 heteroatoms. The minimum atomic E-state index is -1.37. The Kier molecular flexibility index (Phi) is 4.06. The molecule has 1 aromatic carbocycles. The number of rotatable bonds is 2. The number of phenols is 2. The predicted molar refractivity (Wildman–Crippen MR) is 69.9 cm³/mol. The van der Waals surface area contributed by atoms with Crippen molar-refractivity contribution in [2.45, 2.75) is 32.4 Å². The Morgan fingerprint density at radius 2 is 1.88 bits per heavy atom. The maximum absolute atomic E-state index is 11.8. The second kappa shape index (κ2) is 4.98. The molecule has 0 aromatic heterocycles. The van der Waals surface area contributed by atoms with Crippen molar-refractivity contribution in [2.75, 3.05) is 0 Å². The van der Waals surface area contributed by atoms with E-state index in [4.69, 9.17) is 0 Å². The fraction of sp³-hybridized carbons (Fsp3) is 0.417. The van der Waals surface area contributed by atoms with Gasteiger partial charge in [0.05, 0.1) is 5.71 Å². The molecular weight excluding hydrogens is 238 g/mol. The summed E-state index contributed by atoms with van der Waals surface area (Å²) in [6.07, 6.45) is 0. The molecule has 0 aliphatic heterocycles. The van der Waals surface area contributed by atoms with Crippen LogP contribution in [0.3, 0.4) is 0 Å². The molecule has 4 nitrogen and oxygen atoms in total. The van der Waals surface area contributed by atoms with Crippen molar-refractivity contribution in [1.29, 1.82) is 0 Å². The summed E-state index contributed by atoms with van der Waals surface area (Å²) in [5.41, 5.74) is 0.955. The van der Waals surface area contributed by atoms with Crippen LogP contribution in [0.25, 0.3) is 0 Å². The van der Waals surface area contributed by atoms with Gasteiger partial charge in [-0.3, -0.25) is 0 Å². The molecular formula is C12H17NO3S. The van der Waals surface area contributed by atoms with Gasteiger partial charge in [0, 0.05) is 11.6 Å². The first-order chi connectivity index (χ1) is 7.71. The predicted octanol–water partition coefficient (Wildman–Crippen LogP) is 2.37. The molecule has 0 bridgehead atoms. The van der Waals surface area contributed by atoms with E-state index in [0.29, 0.717) is 11.3 Å². The second-order valence-corrected chi connectivity index (χ2v) is 6.65. The maximum Gasteiger partial charge on any atom is 0.144 e. The molecule has 0 amide bonds. The Morgan fingerprint density at radius 3 is 2.35 bits per heavy atom. The lowest BCUT2D eigenvalue weighted by atomic mass is 10.1. The van der Waals surface area contributed by atoms with E-state index in [0.717, 1.165) is 0 Å². The molecule has 1 rings (SSSR count). The summed E-state index contributed by atoms with van der Waals surface area (Å²) in [7, 11) is 0. The highest BCUT2D eigenvalue weighted by molar-refractivity contribution is 7.91. The van der Waals surface area contributed by atoms with E-state index >= 15 is 0 Å². The highest BCUT2D eigenvalue weighted by Crippen LogP contribution is 2.25. The summed E-state index contributed by atoms with van der Waals surface area (Å²) in [4.78, 5) is 0. The van der Waals surface area contributed by atoms with Crippen LogP contribution in [0.5, 0.6) is 11.5 Å². The van der Waals surface area contributed by atoms with E-state index < -0.39 is 16.1 Å². The number of nitrogens with zero attached hydrogens (tertiary/aromatic N) is 1. The van der Waals surface area contributed by atoms with Gasteiger partial charge < -0.3 is 14.8 Å². The third-order valence-corrected chi connectivity index (χ3v) is 3.60. The van der Waals surface area contributed by atoms with Gasteiger partial charge in [-0.15, -0.1) is 0 Å². The van der Waals surface area contributed by atoms with E-state index in [1.807, 2.05) is 20.8 Å². The lowest BCUT2D eigenvalue weighted by Crippen LogP contribution is -2.26. The van der Waals surface area contributed by atoms with Crippen LogP contribution in [0.2, 0.25) is 0 Å². The third-order valence-electron chi connectivity index (χ3n) is 2.11. The van der Waals surface area contributed by atoms with Crippen molar-refractivity contribution in [3.63, 3.8) is 0 Å². The number of aromatic hydroxyl groups is 2. The van der Waals surface area contributed by atoms with Crippen LogP contribution in [0, 0.1) is 0 Å². The Labute approximate surface area is 104 Å². The molecule has 0 radical (unpaired) electrons. The number of benzene rings is 1. The van der Waals surface area contributed by atoms with Crippen molar-refractivity contribution in [3.8, 4) is 11.5 Å². The molecule has 17 heavy (non-hydrogen) atoms. The van der Waals surface area contributed by atoms with Crippen LogP contribution in [-0.4, -0.2) is 25.2 Å². The highest BCUT2D eigenvalue weighted by Gasteiger charge is 2.27. The zero-order chi connectivity index (χ0) is 13.2. The average Bonchev–Trinajstić information content (AvgIpc) is 2.15. The highest BCUT2D eigenvalue weighted by atomic mass is 32.2. The monoisotopic (exact) mass is 255 g/mol. The van der Waals surface area contributed by atoms with Crippen molar-refractivity contribution < 1.29 is 14.8 Å². The molecule has 0 aliphatic carbocycles. The summed E-state index contributed by atoms with van der Waals surface area (Å²) in [5, 5.41) is 18.8. The smallest absolute Gasteiger partial charge is 0.144 e. The van der Waals surface area contributed by atoms with Crippen LogP contribution in [0.4, 0.5) is 0 Å². The van der Waals surface area contributed by atoms with Crippen LogP contribution in [0.15, 0.2) is 22.6 Å². The number of hydrogen-bond acceptors (Lipinski definition) is 4. The van der Waals surface area contributed by atoms with Crippen molar-refractivity contribution in [3.05, 3.63) is 23.8 Å². The molecule has 0 aliphatic rings. The molecule has 0 heterocycles. The summed E-state index contributed by atoms with van der Waals surface area (Å²) in [6, 6.07) is 4.23. The summed E-state index contributed by atoms with van der Waals surface area (Å²) < 4.78 is 15.4. The molecule has 0 saturated carbocycles. The first kappa shape index (κ1) is 13.9. The molecule has 0 saturated heterocycles. The van der Waals surface area contributed by atoms with E-state index in [1.165, 1.54) is 12.1 Å². The van der Waals surface area contributed by atoms with Crippen LogP contribution >= 0.6 is 0 Å². The number of phenolic OH excluding ortho intramolecular Hbond substituents is 2. The Morgan fingerprint density at radius 1 is 1.29 bits per heavy atom. The zero-order valence-corrected chi connectivity index (χ0v) is 11.2. The molecule has 2 N–H and O–H groups in total. The van der Waals surface area contributed by atoms with Gasteiger partial charge in [0.25, 0.3) is 0 Å². The lowest BCUT2D eigenvalue weighted by molar-refractivity contribution is 0.450. The number of hydrogen-bond donors (Lipinski definition) is 2. The minimum Gasteiger partial charge on any atom is -0.591 e. The summed E-state index contributed by atoms with van der Waals surface area (Å²) >= 11 is -1.37. The molecule has 1 atom stereocenters. The first-order valence-corrected chi connectivity index (χ1v) is 6.32. The van der Waals surface area contributed by atoms with Gasteiger partial charge >= 0.3 is 0 Å². The standard InChI is InChI=1S/C12H17NO3S/c1-8(13-17(16)12(2,3)4)10-6-5-9(14)7-11(10)15/h5-7,14-15H,1-4H3. The minimum absolute atomic E-state index is 0.0176. The molecule has 1 unspecified atom stereocenters. The van der Waals surface area contributed by atoms with E-state index in [9.17, 15) is 14.8 Å². The third kappa shape index (κ3) is 3.64. The molecule has 1 aromatic rings. The van der Waals surface area contributed by atoms with E-state index in [2.05, 4.69) is 4.40 Å². The fourth-order valence-corrected chi connectivity index (χ4v) is 1.76. The lowest BCUT2D eigenvalue weighted by Gasteiger charge is -2.18. The van der Waals surface area contributed by atoms with Gasteiger partial charge in [-0.1, -0.05) is 4.40 Å². The van der Waals surface area contributed by atoms with Gasteiger partial charge in [0.15, 0.2) is 0 Å². The van der Waals surface area contributed by atoms with Gasteiger partial charge in [-0.2, -0.15) is 0 Å². The van der Waals surface area contributed by atoms with Gasteiger partial charge in [-0.25, -0.2) is 0 Å². The Balaban J connectivity index is 3.04. The maximum atomic E-state index is 11.8. The van der Waals surface area contributed by atoms with Crippen LogP contribution in [-0.2, 0) is 11.4 Å². The summed E-state index contributed by atoms with van der Waals surface area (Å²) in [6.45, 7) is 7.17. The van der Waals surface area contributed by atoms with Crippen LogP contribution < -0.4 is 0 Å². The van der Waals surface area contributed by atoms with Crippen molar-refractivity contribution in [2.24, 2.45) is 4.40 Å². The van der Waals surface area contributed by atoms with E-state index in [1.54, 1.807) is 13.0 Å². The Hall–Kier alpha value is -1.20. The SMILES string of the molecule is CC(=N[S+]([O-])C(C)(C)C)c1ccc(O)cc1O. The van der Waals surface area contributed by atoms with Crippen molar-refractivity contribution >= 4 is 17.1 Å². The first-order valence-electron chi connectivity index (χ1n) is 5.21. The Bertz CT molecular complexity index is 438. The summed E-state index contributed by atoms with van der Waals surface area (Å²) in [5.74, 6) is -0.0897. The topological polar surface area (TPSA) is 75.9 Å². The van der Waals surface area contributed by atoms with Gasteiger partial charge in [0.1, 0.15) is 27.6 Å². The fourth-order valence-electron chi connectivity index (χ4n) is 1.14. The molecule has 94 valence electrons.